The van der Waals surface area contributed by atoms with Crippen LogP contribution in [0.15, 0.2) is 28.3 Å². The van der Waals surface area contributed by atoms with Crippen LogP contribution in [-0.2, 0) is 5.54 Å². The van der Waals surface area contributed by atoms with Crippen molar-refractivity contribution in [3.63, 3.8) is 0 Å². The van der Waals surface area contributed by atoms with Crippen molar-refractivity contribution in [2.24, 2.45) is 0 Å². The summed E-state index contributed by atoms with van der Waals surface area (Å²) in [5, 5.41) is 0.542. The summed E-state index contributed by atoms with van der Waals surface area (Å²) in [6.45, 7) is 7.60. The van der Waals surface area contributed by atoms with Crippen molar-refractivity contribution >= 4 is 23.5 Å². The fourth-order valence-corrected chi connectivity index (χ4v) is 1.44. The summed E-state index contributed by atoms with van der Waals surface area (Å²) in [4.78, 5) is 16.3. The van der Waals surface area contributed by atoms with Gasteiger partial charge in [-0.15, -0.1) is 0 Å². The number of nitrogen functional groups attached to an aromatic ring is 1. The molecule has 0 bridgehead atoms. The van der Waals surface area contributed by atoms with E-state index >= 15 is 0 Å². The predicted molar refractivity (Wildman–Crippen MR) is 76.5 cm³/mol. The van der Waals surface area contributed by atoms with Gasteiger partial charge in [0.1, 0.15) is 12.1 Å². The summed E-state index contributed by atoms with van der Waals surface area (Å²) >= 11 is 5.85. The van der Waals surface area contributed by atoms with E-state index in [1.54, 1.807) is 22.8 Å². The number of nitrogens with zero attached hydrogens (tertiary/aromatic N) is 2. The van der Waals surface area contributed by atoms with E-state index in [1.807, 2.05) is 27.7 Å². The summed E-state index contributed by atoms with van der Waals surface area (Å²) in [6.07, 6.45) is 6.41. The van der Waals surface area contributed by atoms with Crippen molar-refractivity contribution in [2.45, 2.75) is 33.2 Å². The van der Waals surface area contributed by atoms with E-state index in [0.717, 1.165) is 0 Å². The zero-order valence-electron chi connectivity index (χ0n) is 11.1. The quantitative estimate of drug-likeness (QED) is 0.838. The smallest absolute Gasteiger partial charge is 0.263 e. The first-order valence-electron chi connectivity index (χ1n) is 5.65. The Bertz CT molecular complexity index is 550. The molecule has 0 saturated carbocycles. The normalized spacial score (nSPS) is 13.3. The molecule has 0 unspecified atom stereocenters. The summed E-state index contributed by atoms with van der Waals surface area (Å²) in [6, 6.07) is 0. The van der Waals surface area contributed by atoms with Gasteiger partial charge in [-0.2, -0.15) is 0 Å². The van der Waals surface area contributed by atoms with Gasteiger partial charge in [-0.1, -0.05) is 17.7 Å². The van der Waals surface area contributed by atoms with Crippen molar-refractivity contribution in [3.05, 3.63) is 39.4 Å². The largest absolute Gasteiger partial charge is 0.383 e. The molecule has 1 rings (SSSR count). The maximum absolute atomic E-state index is 12.3. The molecule has 98 valence electrons. The summed E-state index contributed by atoms with van der Waals surface area (Å²) < 4.78 is 1.55. The number of allylic oxidation sites excluding steroid dienone is 3. The van der Waals surface area contributed by atoms with E-state index in [-0.39, 0.29) is 16.9 Å². The summed E-state index contributed by atoms with van der Waals surface area (Å²) in [7, 11) is 0. The molecular formula is C13H18ClN3O. The Balaban J connectivity index is 3.37. The van der Waals surface area contributed by atoms with Crippen molar-refractivity contribution in [1.29, 1.82) is 0 Å². The molecule has 0 spiro atoms. The molecule has 2 N–H and O–H groups in total. The van der Waals surface area contributed by atoms with Gasteiger partial charge in [-0.3, -0.25) is 9.36 Å². The second-order valence-electron chi connectivity index (χ2n) is 4.90. The molecule has 0 fully saturated rings. The highest BCUT2D eigenvalue weighted by Gasteiger charge is 2.17. The predicted octanol–water partition coefficient (Wildman–Crippen LogP) is 2.74. The molecule has 1 aromatic heterocycles. The van der Waals surface area contributed by atoms with E-state index in [4.69, 9.17) is 17.3 Å². The van der Waals surface area contributed by atoms with Gasteiger partial charge in [0.05, 0.1) is 5.56 Å². The number of halogens is 1. The third kappa shape index (κ3) is 3.23. The molecule has 0 aliphatic carbocycles. The van der Waals surface area contributed by atoms with Gasteiger partial charge in [0.15, 0.2) is 0 Å². The van der Waals surface area contributed by atoms with Gasteiger partial charge in [-0.05, 0) is 39.8 Å². The number of nitrogens with two attached hydrogens (primary N) is 1. The van der Waals surface area contributed by atoms with Crippen LogP contribution in [0.3, 0.4) is 0 Å². The lowest BCUT2D eigenvalue weighted by Gasteiger charge is -2.22. The standard InChI is InChI=1S/C13H18ClN3O/c1-5-9(14)6-7-10-11(15)16-8-17(12(10)18)13(2,3)4/h5-8H,15H2,1-4H3/b7-6-,9-5+. The third-order valence-corrected chi connectivity index (χ3v) is 2.79. The van der Waals surface area contributed by atoms with Crippen molar-refractivity contribution in [1.82, 2.24) is 9.55 Å². The van der Waals surface area contributed by atoms with Crippen LogP contribution in [0.5, 0.6) is 0 Å². The maximum Gasteiger partial charge on any atom is 0.263 e. The molecular weight excluding hydrogens is 250 g/mol. The monoisotopic (exact) mass is 267 g/mol. The first kappa shape index (κ1) is 14.5. The van der Waals surface area contributed by atoms with Crippen molar-refractivity contribution < 1.29 is 0 Å². The van der Waals surface area contributed by atoms with Gasteiger partial charge in [0.25, 0.3) is 5.56 Å². The Morgan fingerprint density at radius 2 is 2.11 bits per heavy atom. The van der Waals surface area contributed by atoms with Gasteiger partial charge in [0, 0.05) is 10.6 Å². The topological polar surface area (TPSA) is 60.9 Å². The first-order chi connectivity index (χ1) is 8.27. The number of hydrogen-bond acceptors (Lipinski definition) is 3. The lowest BCUT2D eigenvalue weighted by atomic mass is 10.1. The van der Waals surface area contributed by atoms with E-state index in [1.165, 1.54) is 6.33 Å². The van der Waals surface area contributed by atoms with E-state index in [2.05, 4.69) is 4.98 Å². The summed E-state index contributed by atoms with van der Waals surface area (Å²) in [5.41, 5.74) is 5.56. The molecule has 0 aliphatic heterocycles. The molecule has 1 heterocycles. The Hall–Kier alpha value is -1.55. The van der Waals surface area contributed by atoms with Crippen LogP contribution in [0, 0.1) is 0 Å². The van der Waals surface area contributed by atoms with Gasteiger partial charge in [0.2, 0.25) is 0 Å². The zero-order valence-corrected chi connectivity index (χ0v) is 11.8. The average molecular weight is 268 g/mol. The Labute approximate surface area is 112 Å². The van der Waals surface area contributed by atoms with Crippen LogP contribution in [0.25, 0.3) is 6.08 Å². The van der Waals surface area contributed by atoms with Gasteiger partial charge >= 0.3 is 0 Å². The SMILES string of the molecule is C/C=C(Cl)\C=C/c1c(N)ncn(C(C)(C)C)c1=O. The zero-order chi connectivity index (χ0) is 13.9. The Morgan fingerprint density at radius 1 is 1.50 bits per heavy atom. The van der Waals surface area contributed by atoms with Crippen molar-refractivity contribution in [2.75, 3.05) is 5.73 Å². The fourth-order valence-electron chi connectivity index (χ4n) is 1.37. The minimum absolute atomic E-state index is 0.174. The van der Waals surface area contributed by atoms with Crippen LogP contribution in [0.2, 0.25) is 0 Å². The van der Waals surface area contributed by atoms with E-state index in [9.17, 15) is 4.79 Å². The van der Waals surface area contributed by atoms with Crippen LogP contribution in [-0.4, -0.2) is 9.55 Å². The highest BCUT2D eigenvalue weighted by atomic mass is 35.5. The number of aromatic nitrogens is 2. The minimum Gasteiger partial charge on any atom is -0.383 e. The molecule has 0 radical (unpaired) electrons. The lowest BCUT2D eigenvalue weighted by molar-refractivity contribution is 0.379. The molecule has 0 atom stereocenters. The average Bonchev–Trinajstić information content (AvgIpc) is 2.26. The highest BCUT2D eigenvalue weighted by Crippen LogP contribution is 2.14. The molecule has 0 aliphatic rings. The fraction of sp³-hybridized carbons (Fsp3) is 0.385. The molecule has 5 heteroatoms. The second-order valence-corrected chi connectivity index (χ2v) is 5.33. The van der Waals surface area contributed by atoms with E-state index < -0.39 is 0 Å². The number of anilines is 1. The summed E-state index contributed by atoms with van der Waals surface area (Å²) in [5.74, 6) is 0.206. The van der Waals surface area contributed by atoms with Crippen LogP contribution in [0.4, 0.5) is 5.82 Å². The molecule has 0 amide bonds. The molecule has 18 heavy (non-hydrogen) atoms. The van der Waals surface area contributed by atoms with Crippen LogP contribution < -0.4 is 11.3 Å². The Morgan fingerprint density at radius 3 is 2.61 bits per heavy atom. The Kier molecular flexibility index (Phi) is 4.35. The van der Waals surface area contributed by atoms with Crippen molar-refractivity contribution in [3.8, 4) is 0 Å². The highest BCUT2D eigenvalue weighted by molar-refractivity contribution is 6.31. The number of rotatable bonds is 2. The van der Waals surface area contributed by atoms with Gasteiger partial charge in [-0.25, -0.2) is 4.98 Å². The van der Waals surface area contributed by atoms with Crippen LogP contribution in [0.1, 0.15) is 33.3 Å². The van der Waals surface area contributed by atoms with Gasteiger partial charge < -0.3 is 5.73 Å². The second kappa shape index (κ2) is 5.40. The minimum atomic E-state index is -0.342. The number of hydrogen-bond donors (Lipinski definition) is 1. The molecule has 4 nitrogen and oxygen atoms in total. The van der Waals surface area contributed by atoms with E-state index in [0.29, 0.717) is 10.6 Å². The lowest BCUT2D eigenvalue weighted by Crippen LogP contribution is -2.35. The molecule has 0 saturated heterocycles. The molecule has 0 aromatic carbocycles. The first-order valence-corrected chi connectivity index (χ1v) is 6.02. The van der Waals surface area contributed by atoms with Crippen LogP contribution >= 0.6 is 11.6 Å². The third-order valence-electron chi connectivity index (χ3n) is 2.45. The maximum atomic E-state index is 12.3. The molecule has 1 aromatic rings.